The van der Waals surface area contributed by atoms with Gasteiger partial charge in [0.25, 0.3) is 0 Å². The summed E-state index contributed by atoms with van der Waals surface area (Å²) in [5.41, 5.74) is -1.34. The van der Waals surface area contributed by atoms with Crippen LogP contribution in [0.15, 0.2) is 10.2 Å². The highest BCUT2D eigenvalue weighted by molar-refractivity contribution is 5.61. The van der Waals surface area contributed by atoms with Crippen molar-refractivity contribution in [3.8, 4) is 0 Å². The summed E-state index contributed by atoms with van der Waals surface area (Å²) in [6.07, 6.45) is 10.0. The maximum atomic E-state index is 12.0. The highest BCUT2D eigenvalue weighted by Gasteiger charge is 2.38. The summed E-state index contributed by atoms with van der Waals surface area (Å²) >= 11 is 0. The lowest BCUT2D eigenvalue weighted by Crippen LogP contribution is -2.37. The van der Waals surface area contributed by atoms with Gasteiger partial charge in [0.2, 0.25) is 5.72 Å². The average molecular weight is 310 g/mol. The van der Waals surface area contributed by atoms with Gasteiger partial charge in [-0.3, -0.25) is 0 Å². The van der Waals surface area contributed by atoms with Gasteiger partial charge in [0, 0.05) is 12.8 Å². The molecule has 0 spiro atoms. The second-order valence-corrected chi connectivity index (χ2v) is 7.58. The van der Waals surface area contributed by atoms with Crippen molar-refractivity contribution in [3.63, 3.8) is 0 Å². The quantitative estimate of drug-likeness (QED) is 0.519. The van der Waals surface area contributed by atoms with Crippen molar-refractivity contribution >= 4 is 6.16 Å². The Balaban J connectivity index is 2.00. The van der Waals surface area contributed by atoms with E-state index < -0.39 is 17.5 Å². The van der Waals surface area contributed by atoms with Crippen molar-refractivity contribution in [1.82, 2.24) is 0 Å². The third-order valence-electron chi connectivity index (χ3n) is 4.28. The molecule has 0 aromatic rings. The number of hydrogen-bond acceptors (Lipinski definition) is 5. The Morgan fingerprint density at radius 2 is 1.59 bits per heavy atom. The Hall–Kier alpha value is -1.13. The number of nitrogens with zero attached hydrogens (tertiary/aromatic N) is 2. The van der Waals surface area contributed by atoms with Crippen molar-refractivity contribution in [3.05, 3.63) is 0 Å². The van der Waals surface area contributed by atoms with Crippen molar-refractivity contribution in [1.29, 1.82) is 0 Å². The summed E-state index contributed by atoms with van der Waals surface area (Å²) in [5, 5.41) is 9.03. The molecule has 0 radical (unpaired) electrons. The van der Waals surface area contributed by atoms with Gasteiger partial charge in [-0.15, -0.1) is 5.11 Å². The number of rotatable bonds is 3. The van der Waals surface area contributed by atoms with Gasteiger partial charge in [-0.05, 0) is 46.5 Å². The summed E-state index contributed by atoms with van der Waals surface area (Å²) in [6, 6.07) is 0.301. The topological polar surface area (TPSA) is 60.2 Å². The van der Waals surface area contributed by atoms with Gasteiger partial charge in [-0.1, -0.05) is 25.7 Å². The molecule has 2 aliphatic carbocycles. The van der Waals surface area contributed by atoms with Gasteiger partial charge in [-0.2, -0.15) is 5.11 Å². The molecule has 2 saturated carbocycles. The Morgan fingerprint density at radius 1 is 1.00 bits per heavy atom. The van der Waals surface area contributed by atoms with E-state index in [2.05, 4.69) is 10.2 Å². The molecule has 2 fully saturated rings. The molecule has 5 heteroatoms. The smallest absolute Gasteiger partial charge is 0.429 e. The van der Waals surface area contributed by atoms with Gasteiger partial charge in [0.05, 0.1) is 6.04 Å². The van der Waals surface area contributed by atoms with Crippen LogP contribution in [0.5, 0.6) is 0 Å². The van der Waals surface area contributed by atoms with Crippen LogP contribution in [0.2, 0.25) is 0 Å². The van der Waals surface area contributed by atoms with E-state index in [9.17, 15) is 4.79 Å². The number of hydrogen-bond donors (Lipinski definition) is 0. The zero-order valence-electron chi connectivity index (χ0n) is 14.3. The third kappa shape index (κ3) is 5.58. The van der Waals surface area contributed by atoms with Crippen LogP contribution in [-0.4, -0.2) is 23.5 Å². The first kappa shape index (κ1) is 17.2. The zero-order valence-corrected chi connectivity index (χ0v) is 14.3. The first-order chi connectivity index (χ1) is 10.4. The molecule has 0 N–H and O–H groups in total. The van der Waals surface area contributed by atoms with Crippen LogP contribution in [-0.2, 0) is 9.47 Å². The molecule has 0 unspecified atom stereocenters. The molecule has 0 heterocycles. The maximum Gasteiger partial charge on any atom is 0.511 e. The van der Waals surface area contributed by atoms with E-state index in [-0.39, 0.29) is 0 Å². The van der Waals surface area contributed by atoms with Crippen molar-refractivity contribution in [2.75, 3.05) is 0 Å². The molecule has 126 valence electrons. The predicted molar refractivity (Wildman–Crippen MR) is 84.9 cm³/mol. The van der Waals surface area contributed by atoms with E-state index in [0.29, 0.717) is 6.04 Å². The molecule has 5 nitrogen and oxygen atoms in total. The van der Waals surface area contributed by atoms with Crippen LogP contribution in [0.1, 0.15) is 85.0 Å². The number of azo groups is 1. The number of carbonyl (C=O) groups excluding carboxylic acids is 1. The van der Waals surface area contributed by atoms with Gasteiger partial charge < -0.3 is 9.47 Å². The fraction of sp³-hybridized carbons (Fsp3) is 0.941. The van der Waals surface area contributed by atoms with Crippen molar-refractivity contribution in [2.45, 2.75) is 102 Å². The molecule has 0 atom stereocenters. The van der Waals surface area contributed by atoms with E-state index in [1.807, 2.05) is 20.8 Å². The molecule has 0 aromatic heterocycles. The van der Waals surface area contributed by atoms with Crippen LogP contribution in [0.4, 0.5) is 4.79 Å². The molecule has 2 aliphatic rings. The molecule has 0 saturated heterocycles. The minimum absolute atomic E-state index is 0.301. The highest BCUT2D eigenvalue weighted by Crippen LogP contribution is 2.35. The maximum absolute atomic E-state index is 12.0. The summed E-state index contributed by atoms with van der Waals surface area (Å²) < 4.78 is 10.9. The number of ether oxygens (including phenoxy) is 2. The van der Waals surface area contributed by atoms with Crippen molar-refractivity contribution < 1.29 is 14.3 Å². The molecule has 0 aromatic carbocycles. The molecule has 0 aliphatic heterocycles. The fourth-order valence-corrected chi connectivity index (χ4v) is 3.14. The molecule has 0 amide bonds. The largest absolute Gasteiger partial charge is 0.511 e. The molecule has 22 heavy (non-hydrogen) atoms. The molecular weight excluding hydrogens is 280 g/mol. The normalized spacial score (nSPS) is 23.4. The van der Waals surface area contributed by atoms with Crippen LogP contribution in [0.3, 0.4) is 0 Å². The van der Waals surface area contributed by atoms with Crippen LogP contribution in [0, 0.1) is 0 Å². The lowest BCUT2D eigenvalue weighted by molar-refractivity contribution is -0.0798. The minimum Gasteiger partial charge on any atom is -0.429 e. The fourth-order valence-electron chi connectivity index (χ4n) is 3.14. The lowest BCUT2D eigenvalue weighted by atomic mass is 9.92. The second-order valence-electron chi connectivity index (χ2n) is 7.58. The van der Waals surface area contributed by atoms with Crippen LogP contribution < -0.4 is 0 Å². The minimum atomic E-state index is -0.794. The molecular formula is C17H30N2O3. The third-order valence-corrected chi connectivity index (χ3v) is 4.28. The Morgan fingerprint density at radius 3 is 2.18 bits per heavy atom. The Bertz CT molecular complexity index is 389. The van der Waals surface area contributed by atoms with E-state index in [1.165, 1.54) is 25.7 Å². The first-order valence-corrected chi connectivity index (χ1v) is 8.73. The molecule has 2 rings (SSSR count). The Kier molecular flexibility index (Phi) is 5.81. The Labute approximate surface area is 133 Å². The van der Waals surface area contributed by atoms with Gasteiger partial charge >= 0.3 is 6.16 Å². The van der Waals surface area contributed by atoms with E-state index in [0.717, 1.165) is 38.5 Å². The van der Waals surface area contributed by atoms with Crippen molar-refractivity contribution in [2.24, 2.45) is 10.2 Å². The van der Waals surface area contributed by atoms with Crippen LogP contribution in [0.25, 0.3) is 0 Å². The predicted octanol–water partition coefficient (Wildman–Crippen LogP) is 5.38. The standard InChI is InChI=1S/C17H30N2O3/c1-16(2,3)21-15(20)22-17(12-8-5-9-13-17)19-18-14-10-6-4-7-11-14/h14H,4-13H2,1-3H3. The zero-order chi connectivity index (χ0) is 16.1. The summed E-state index contributed by atoms with van der Waals surface area (Å²) in [7, 11) is 0. The monoisotopic (exact) mass is 310 g/mol. The average Bonchev–Trinajstić information content (AvgIpc) is 2.45. The summed E-state index contributed by atoms with van der Waals surface area (Å²) in [4.78, 5) is 12.0. The molecule has 0 bridgehead atoms. The van der Waals surface area contributed by atoms with Gasteiger partial charge in [0.15, 0.2) is 0 Å². The summed E-state index contributed by atoms with van der Waals surface area (Å²) in [5.74, 6) is 0. The van der Waals surface area contributed by atoms with Gasteiger partial charge in [-0.25, -0.2) is 4.79 Å². The highest BCUT2D eigenvalue weighted by atomic mass is 16.7. The van der Waals surface area contributed by atoms with E-state index in [4.69, 9.17) is 9.47 Å². The van der Waals surface area contributed by atoms with Gasteiger partial charge in [0.1, 0.15) is 5.60 Å². The SMILES string of the molecule is CC(C)(C)OC(=O)OC1(N=NC2CCCCC2)CCCCC1. The second kappa shape index (κ2) is 7.42. The number of carbonyl (C=O) groups is 1. The summed E-state index contributed by atoms with van der Waals surface area (Å²) in [6.45, 7) is 5.52. The lowest BCUT2D eigenvalue weighted by Gasteiger charge is -2.33. The van der Waals surface area contributed by atoms with E-state index >= 15 is 0 Å². The van der Waals surface area contributed by atoms with E-state index in [1.54, 1.807) is 0 Å². The van der Waals surface area contributed by atoms with Crippen LogP contribution >= 0.6 is 0 Å². The first-order valence-electron chi connectivity index (χ1n) is 8.73.